The zero-order valence-electron chi connectivity index (χ0n) is 15.3. The van der Waals surface area contributed by atoms with Crippen LogP contribution in [0.3, 0.4) is 0 Å². The number of alkyl halides is 3. The lowest BCUT2D eigenvalue weighted by atomic mass is 10.1. The Balaban J connectivity index is 1.59. The van der Waals surface area contributed by atoms with Gasteiger partial charge in [0.1, 0.15) is 0 Å². The molecule has 0 aliphatic rings. The molecule has 29 heavy (non-hydrogen) atoms. The number of amides is 1. The summed E-state index contributed by atoms with van der Waals surface area (Å²) in [5.74, 6) is 0.350. The lowest BCUT2D eigenvalue weighted by Gasteiger charge is -2.16. The normalized spacial score (nSPS) is 11.7. The number of likely N-dealkylation sites (N-methyl/N-ethyl adjacent to an activating group) is 1. The molecule has 2 aromatic carbocycles. The molecule has 3 rings (SSSR count). The van der Waals surface area contributed by atoms with E-state index in [-0.39, 0.29) is 18.8 Å². The molecule has 0 spiro atoms. The van der Waals surface area contributed by atoms with E-state index in [9.17, 15) is 18.0 Å². The van der Waals surface area contributed by atoms with E-state index in [0.29, 0.717) is 16.7 Å². The molecule has 0 atom stereocenters. The number of nitrogens with one attached hydrogen (secondary N) is 1. The van der Waals surface area contributed by atoms with Gasteiger partial charge in [-0.15, -0.1) is 0 Å². The fraction of sp³-hybridized carbons (Fsp3) is 0.200. The second kappa shape index (κ2) is 8.67. The van der Waals surface area contributed by atoms with Crippen molar-refractivity contribution in [1.82, 2.24) is 9.88 Å². The smallest absolute Gasteiger partial charge is 0.418 e. The highest BCUT2D eigenvalue weighted by Gasteiger charge is 2.33. The largest absolute Gasteiger partial charge is 0.439 e. The number of oxazole rings is 1. The minimum atomic E-state index is -4.55. The average molecular weight is 424 g/mol. The van der Waals surface area contributed by atoms with E-state index in [1.165, 1.54) is 18.2 Å². The number of carbonyl (C=O) groups excluding carboxylic acids is 1. The zero-order chi connectivity index (χ0) is 21.0. The Hall–Kier alpha value is -2.84. The van der Waals surface area contributed by atoms with Crippen LogP contribution in [0.4, 0.5) is 18.9 Å². The van der Waals surface area contributed by atoms with Crippen LogP contribution in [-0.4, -0.2) is 29.4 Å². The third-order valence-electron chi connectivity index (χ3n) is 4.01. The molecule has 3 aromatic rings. The van der Waals surface area contributed by atoms with Gasteiger partial charge in [0.25, 0.3) is 0 Å². The van der Waals surface area contributed by atoms with Crippen molar-refractivity contribution in [2.45, 2.75) is 12.7 Å². The third-order valence-corrected chi connectivity index (χ3v) is 4.26. The highest BCUT2D eigenvalue weighted by molar-refractivity contribution is 6.30. The fourth-order valence-corrected chi connectivity index (χ4v) is 2.82. The first kappa shape index (κ1) is 20.9. The molecule has 1 amide bonds. The van der Waals surface area contributed by atoms with E-state index in [1.807, 2.05) is 0 Å². The highest BCUT2D eigenvalue weighted by atomic mass is 35.5. The number of hydrogen-bond acceptors (Lipinski definition) is 4. The van der Waals surface area contributed by atoms with Crippen LogP contribution in [0.2, 0.25) is 5.02 Å². The van der Waals surface area contributed by atoms with Crippen LogP contribution in [-0.2, 0) is 17.5 Å². The highest BCUT2D eigenvalue weighted by Crippen LogP contribution is 2.34. The summed E-state index contributed by atoms with van der Waals surface area (Å²) in [4.78, 5) is 17.9. The fourth-order valence-electron chi connectivity index (χ4n) is 2.69. The van der Waals surface area contributed by atoms with Crippen molar-refractivity contribution in [3.63, 3.8) is 0 Å². The Morgan fingerprint density at radius 3 is 2.55 bits per heavy atom. The van der Waals surface area contributed by atoms with Crippen molar-refractivity contribution in [2.24, 2.45) is 0 Å². The van der Waals surface area contributed by atoms with Gasteiger partial charge in [0.05, 0.1) is 30.5 Å². The van der Waals surface area contributed by atoms with Gasteiger partial charge in [-0.3, -0.25) is 9.69 Å². The molecular weight excluding hydrogens is 407 g/mol. The topological polar surface area (TPSA) is 58.4 Å². The van der Waals surface area contributed by atoms with Gasteiger partial charge in [-0.1, -0.05) is 23.7 Å². The molecule has 1 N–H and O–H groups in total. The second-order valence-corrected chi connectivity index (χ2v) is 6.83. The van der Waals surface area contributed by atoms with Crippen molar-refractivity contribution in [2.75, 3.05) is 18.9 Å². The van der Waals surface area contributed by atoms with Crippen molar-refractivity contribution in [3.8, 4) is 11.3 Å². The van der Waals surface area contributed by atoms with Crippen molar-refractivity contribution >= 4 is 23.2 Å². The molecule has 0 unspecified atom stereocenters. The molecular formula is C20H17ClF3N3O2. The van der Waals surface area contributed by atoms with Gasteiger partial charge in [-0.25, -0.2) is 4.98 Å². The Kier molecular flexibility index (Phi) is 6.24. The van der Waals surface area contributed by atoms with Crippen LogP contribution in [0.1, 0.15) is 11.5 Å². The van der Waals surface area contributed by atoms with Crippen LogP contribution in [0.5, 0.6) is 0 Å². The van der Waals surface area contributed by atoms with E-state index in [2.05, 4.69) is 10.3 Å². The van der Waals surface area contributed by atoms with E-state index < -0.39 is 17.6 Å². The maximum Gasteiger partial charge on any atom is 0.418 e. The number of aromatic nitrogens is 1. The van der Waals surface area contributed by atoms with Gasteiger partial charge < -0.3 is 9.73 Å². The molecule has 0 aliphatic carbocycles. The number of rotatable bonds is 6. The van der Waals surface area contributed by atoms with Crippen LogP contribution in [0, 0.1) is 0 Å². The maximum absolute atomic E-state index is 13.0. The van der Waals surface area contributed by atoms with Crippen molar-refractivity contribution in [1.29, 1.82) is 0 Å². The summed E-state index contributed by atoms with van der Waals surface area (Å²) < 4.78 is 44.7. The minimum Gasteiger partial charge on any atom is -0.439 e. The summed E-state index contributed by atoms with van der Waals surface area (Å²) in [6.07, 6.45) is -2.99. The third kappa shape index (κ3) is 5.58. The molecule has 0 saturated heterocycles. The Morgan fingerprint density at radius 1 is 1.17 bits per heavy atom. The number of halogens is 4. The summed E-state index contributed by atoms with van der Waals surface area (Å²) in [5, 5.41) is 2.91. The quantitative estimate of drug-likeness (QED) is 0.600. The number of carbonyl (C=O) groups is 1. The first-order valence-corrected chi connectivity index (χ1v) is 8.95. The summed E-state index contributed by atoms with van der Waals surface area (Å²) >= 11 is 5.86. The predicted octanol–water partition coefficient (Wildman–Crippen LogP) is 5.08. The molecule has 0 bridgehead atoms. The Morgan fingerprint density at radius 2 is 1.86 bits per heavy atom. The summed E-state index contributed by atoms with van der Waals surface area (Å²) in [5.41, 5.74) is -0.367. The molecule has 0 fully saturated rings. The average Bonchev–Trinajstić information content (AvgIpc) is 3.10. The summed E-state index contributed by atoms with van der Waals surface area (Å²) in [6.45, 7) is 0.0762. The SMILES string of the molecule is CN(CC(=O)Nc1ccccc1C(F)(F)F)Cc1ncc(-c2ccc(Cl)cc2)o1. The number of anilines is 1. The molecule has 9 heteroatoms. The van der Waals surface area contributed by atoms with Gasteiger partial charge in [-0.05, 0) is 43.4 Å². The summed E-state index contributed by atoms with van der Waals surface area (Å²) in [7, 11) is 1.64. The first-order valence-electron chi connectivity index (χ1n) is 8.57. The van der Waals surface area contributed by atoms with E-state index in [1.54, 1.807) is 42.4 Å². The van der Waals surface area contributed by atoms with Gasteiger partial charge >= 0.3 is 6.18 Å². The first-order chi connectivity index (χ1) is 13.7. The van der Waals surface area contributed by atoms with Crippen LogP contribution < -0.4 is 5.32 Å². The zero-order valence-corrected chi connectivity index (χ0v) is 16.1. The maximum atomic E-state index is 13.0. The molecule has 0 aliphatic heterocycles. The standard InChI is InChI=1S/C20H17ClF3N3O2/c1-27(11-18(28)26-16-5-3-2-4-15(16)20(22,23)24)12-19-25-10-17(29-19)13-6-8-14(21)9-7-13/h2-10H,11-12H2,1H3,(H,26,28). The summed E-state index contributed by atoms with van der Waals surface area (Å²) in [6, 6.07) is 11.9. The Bertz CT molecular complexity index is 987. The number of nitrogens with zero attached hydrogens (tertiary/aromatic N) is 2. The van der Waals surface area contributed by atoms with E-state index in [4.69, 9.17) is 16.0 Å². The van der Waals surface area contributed by atoms with E-state index in [0.717, 1.165) is 11.6 Å². The minimum absolute atomic E-state index is 0.134. The van der Waals surface area contributed by atoms with Crippen LogP contribution in [0.15, 0.2) is 59.1 Å². The lowest BCUT2D eigenvalue weighted by molar-refractivity contribution is -0.137. The molecule has 1 heterocycles. The van der Waals surface area contributed by atoms with Crippen molar-refractivity contribution in [3.05, 3.63) is 71.2 Å². The molecule has 152 valence electrons. The van der Waals surface area contributed by atoms with Gasteiger partial charge in [-0.2, -0.15) is 13.2 Å². The van der Waals surface area contributed by atoms with Crippen molar-refractivity contribution < 1.29 is 22.4 Å². The molecule has 0 radical (unpaired) electrons. The van der Waals surface area contributed by atoms with Gasteiger partial charge in [0.2, 0.25) is 11.8 Å². The monoisotopic (exact) mass is 423 g/mol. The van der Waals surface area contributed by atoms with Crippen LogP contribution >= 0.6 is 11.6 Å². The van der Waals surface area contributed by atoms with Gasteiger partial charge in [0.15, 0.2) is 5.76 Å². The predicted molar refractivity (Wildman–Crippen MR) is 103 cm³/mol. The van der Waals surface area contributed by atoms with Crippen LogP contribution in [0.25, 0.3) is 11.3 Å². The molecule has 0 saturated carbocycles. The molecule has 1 aromatic heterocycles. The van der Waals surface area contributed by atoms with Gasteiger partial charge in [0, 0.05) is 10.6 Å². The Labute approximate surface area is 170 Å². The second-order valence-electron chi connectivity index (χ2n) is 6.39. The number of para-hydroxylation sites is 1. The number of hydrogen-bond donors (Lipinski definition) is 1. The lowest BCUT2D eigenvalue weighted by Crippen LogP contribution is -2.30. The van der Waals surface area contributed by atoms with E-state index >= 15 is 0 Å². The number of benzene rings is 2. The molecule has 5 nitrogen and oxygen atoms in total.